The predicted molar refractivity (Wildman–Crippen MR) is 54.4 cm³/mol. The third kappa shape index (κ3) is 2.11. The lowest BCUT2D eigenvalue weighted by Crippen LogP contribution is -2.02. The molecule has 0 heterocycles. The summed E-state index contributed by atoms with van der Waals surface area (Å²) in [5, 5.41) is 0.591. The van der Waals surface area contributed by atoms with Gasteiger partial charge >= 0.3 is 5.97 Å². The highest BCUT2D eigenvalue weighted by Crippen LogP contribution is 2.31. The van der Waals surface area contributed by atoms with E-state index >= 15 is 0 Å². The van der Waals surface area contributed by atoms with Crippen LogP contribution in [0.25, 0.3) is 0 Å². The standard InChI is InChI=1S/C9H8Cl2O3/c1-13-8-3-5(9(12)14-2)6(10)4-7(8)11/h3-4H,1-2H3. The van der Waals surface area contributed by atoms with Crippen molar-refractivity contribution in [3.05, 3.63) is 27.7 Å². The Morgan fingerprint density at radius 2 is 1.86 bits per heavy atom. The quantitative estimate of drug-likeness (QED) is 0.739. The van der Waals surface area contributed by atoms with Gasteiger partial charge in [-0.05, 0) is 12.1 Å². The molecule has 1 aromatic carbocycles. The molecule has 0 fully saturated rings. The van der Waals surface area contributed by atoms with Gasteiger partial charge < -0.3 is 9.47 Å². The lowest BCUT2D eigenvalue weighted by molar-refractivity contribution is 0.0600. The van der Waals surface area contributed by atoms with Crippen LogP contribution in [-0.2, 0) is 4.74 Å². The number of carbonyl (C=O) groups is 1. The Morgan fingerprint density at radius 1 is 1.21 bits per heavy atom. The van der Waals surface area contributed by atoms with Gasteiger partial charge in [-0.1, -0.05) is 23.2 Å². The highest BCUT2D eigenvalue weighted by atomic mass is 35.5. The summed E-state index contributed by atoms with van der Waals surface area (Å²) in [5.74, 6) is -0.138. The Labute approximate surface area is 91.5 Å². The maximum absolute atomic E-state index is 11.2. The van der Waals surface area contributed by atoms with E-state index < -0.39 is 5.97 Å². The molecule has 0 saturated carbocycles. The normalized spacial score (nSPS) is 9.71. The summed E-state index contributed by atoms with van der Waals surface area (Å²) in [6.45, 7) is 0. The van der Waals surface area contributed by atoms with Crippen molar-refractivity contribution >= 4 is 29.2 Å². The maximum Gasteiger partial charge on any atom is 0.339 e. The van der Waals surface area contributed by atoms with Crippen LogP contribution >= 0.6 is 23.2 Å². The average molecular weight is 235 g/mol. The van der Waals surface area contributed by atoms with E-state index in [1.165, 1.54) is 26.4 Å². The van der Waals surface area contributed by atoms with E-state index in [1.807, 2.05) is 0 Å². The summed E-state index contributed by atoms with van der Waals surface area (Å²) in [4.78, 5) is 11.2. The van der Waals surface area contributed by atoms with Crippen molar-refractivity contribution in [2.75, 3.05) is 14.2 Å². The molecule has 5 heteroatoms. The molecular formula is C9H8Cl2O3. The van der Waals surface area contributed by atoms with Crippen molar-refractivity contribution in [3.63, 3.8) is 0 Å². The molecule has 0 saturated heterocycles. The molecule has 0 radical (unpaired) electrons. The van der Waals surface area contributed by atoms with E-state index in [-0.39, 0.29) is 10.6 Å². The minimum Gasteiger partial charge on any atom is -0.495 e. The van der Waals surface area contributed by atoms with E-state index in [0.29, 0.717) is 10.8 Å². The van der Waals surface area contributed by atoms with Gasteiger partial charge in [-0.2, -0.15) is 0 Å². The Bertz CT molecular complexity index is 363. The topological polar surface area (TPSA) is 35.5 Å². The van der Waals surface area contributed by atoms with Crippen molar-refractivity contribution in [1.29, 1.82) is 0 Å². The first-order chi connectivity index (χ1) is 6.60. The van der Waals surface area contributed by atoms with Crippen molar-refractivity contribution in [1.82, 2.24) is 0 Å². The number of esters is 1. The Hall–Kier alpha value is -0.930. The SMILES string of the molecule is COC(=O)c1cc(OC)c(Cl)cc1Cl. The highest BCUT2D eigenvalue weighted by Gasteiger charge is 2.14. The highest BCUT2D eigenvalue weighted by molar-refractivity contribution is 6.37. The number of methoxy groups -OCH3 is 2. The molecule has 3 nitrogen and oxygen atoms in total. The molecule has 0 atom stereocenters. The third-order valence-corrected chi connectivity index (χ3v) is 2.25. The second-order valence-electron chi connectivity index (χ2n) is 2.46. The summed E-state index contributed by atoms with van der Waals surface area (Å²) in [6, 6.07) is 2.88. The van der Waals surface area contributed by atoms with Gasteiger partial charge in [0.05, 0.1) is 29.8 Å². The number of halogens is 2. The molecule has 0 N–H and O–H groups in total. The molecule has 14 heavy (non-hydrogen) atoms. The zero-order chi connectivity index (χ0) is 10.7. The molecular weight excluding hydrogens is 227 g/mol. The van der Waals surface area contributed by atoms with Gasteiger partial charge in [-0.3, -0.25) is 0 Å². The van der Waals surface area contributed by atoms with Crippen LogP contribution in [0.4, 0.5) is 0 Å². The van der Waals surface area contributed by atoms with Crippen LogP contribution in [0.3, 0.4) is 0 Å². The minimum atomic E-state index is -0.523. The van der Waals surface area contributed by atoms with Crippen LogP contribution < -0.4 is 4.74 Å². The van der Waals surface area contributed by atoms with Gasteiger partial charge in [0.1, 0.15) is 5.75 Å². The van der Waals surface area contributed by atoms with E-state index in [9.17, 15) is 4.79 Å². The molecule has 0 unspecified atom stereocenters. The van der Waals surface area contributed by atoms with Gasteiger partial charge in [0, 0.05) is 0 Å². The van der Waals surface area contributed by atoms with Crippen LogP contribution in [-0.4, -0.2) is 20.2 Å². The number of carbonyl (C=O) groups excluding carboxylic acids is 1. The van der Waals surface area contributed by atoms with Gasteiger partial charge in [-0.25, -0.2) is 4.79 Å². The molecule has 1 rings (SSSR count). The number of hydrogen-bond donors (Lipinski definition) is 0. The second kappa shape index (κ2) is 4.53. The van der Waals surface area contributed by atoms with E-state index in [1.54, 1.807) is 0 Å². The second-order valence-corrected chi connectivity index (χ2v) is 3.27. The molecule has 0 aliphatic rings. The van der Waals surface area contributed by atoms with Crippen LogP contribution in [0, 0.1) is 0 Å². The molecule has 0 aliphatic heterocycles. The van der Waals surface area contributed by atoms with E-state index in [0.717, 1.165) is 0 Å². The fourth-order valence-corrected chi connectivity index (χ4v) is 1.49. The number of ether oxygens (including phenoxy) is 2. The first-order valence-electron chi connectivity index (χ1n) is 3.71. The van der Waals surface area contributed by atoms with Gasteiger partial charge in [0.15, 0.2) is 0 Å². The van der Waals surface area contributed by atoms with Gasteiger partial charge in [0.25, 0.3) is 0 Å². The van der Waals surface area contributed by atoms with Gasteiger partial charge in [-0.15, -0.1) is 0 Å². The van der Waals surface area contributed by atoms with Crippen LogP contribution in [0.2, 0.25) is 10.0 Å². The van der Waals surface area contributed by atoms with Crippen LogP contribution in [0.5, 0.6) is 5.75 Å². The summed E-state index contributed by atoms with van der Waals surface area (Å²) < 4.78 is 9.47. The molecule has 0 amide bonds. The van der Waals surface area contributed by atoms with Crippen LogP contribution in [0.1, 0.15) is 10.4 Å². The molecule has 0 bridgehead atoms. The Balaban J connectivity index is 3.24. The molecule has 0 aliphatic carbocycles. The largest absolute Gasteiger partial charge is 0.495 e. The zero-order valence-electron chi connectivity index (χ0n) is 7.64. The van der Waals surface area contributed by atoms with E-state index in [4.69, 9.17) is 27.9 Å². The predicted octanol–water partition coefficient (Wildman–Crippen LogP) is 2.79. The first kappa shape index (κ1) is 11.1. The maximum atomic E-state index is 11.2. The molecule has 0 spiro atoms. The van der Waals surface area contributed by atoms with Crippen molar-refractivity contribution < 1.29 is 14.3 Å². The zero-order valence-corrected chi connectivity index (χ0v) is 9.15. The fraction of sp³-hybridized carbons (Fsp3) is 0.222. The summed E-state index contributed by atoms with van der Waals surface area (Å²) >= 11 is 11.6. The summed E-state index contributed by atoms with van der Waals surface area (Å²) in [5.41, 5.74) is 0.232. The molecule has 1 aromatic rings. The molecule has 0 aromatic heterocycles. The number of hydrogen-bond acceptors (Lipinski definition) is 3. The summed E-state index contributed by atoms with van der Waals surface area (Å²) in [7, 11) is 2.73. The van der Waals surface area contributed by atoms with Crippen LogP contribution in [0.15, 0.2) is 12.1 Å². The van der Waals surface area contributed by atoms with Crippen molar-refractivity contribution in [2.45, 2.75) is 0 Å². The lowest BCUT2D eigenvalue weighted by Gasteiger charge is -2.07. The smallest absolute Gasteiger partial charge is 0.339 e. The minimum absolute atomic E-state index is 0.232. The average Bonchev–Trinajstić information content (AvgIpc) is 2.17. The van der Waals surface area contributed by atoms with Crippen molar-refractivity contribution in [3.8, 4) is 5.75 Å². The third-order valence-electron chi connectivity index (χ3n) is 1.65. The fourth-order valence-electron chi connectivity index (χ4n) is 0.952. The molecule has 76 valence electrons. The summed E-state index contributed by atoms with van der Waals surface area (Å²) in [6.07, 6.45) is 0. The lowest BCUT2D eigenvalue weighted by atomic mass is 10.2. The number of benzene rings is 1. The van der Waals surface area contributed by atoms with E-state index in [2.05, 4.69) is 4.74 Å². The Morgan fingerprint density at radius 3 is 2.36 bits per heavy atom. The van der Waals surface area contributed by atoms with Gasteiger partial charge in [0.2, 0.25) is 0 Å². The van der Waals surface area contributed by atoms with Crippen molar-refractivity contribution in [2.24, 2.45) is 0 Å². The monoisotopic (exact) mass is 234 g/mol. The Kier molecular flexibility index (Phi) is 3.61. The first-order valence-corrected chi connectivity index (χ1v) is 4.47. The number of rotatable bonds is 2.